The Morgan fingerprint density at radius 2 is 2.00 bits per heavy atom. The lowest BCUT2D eigenvalue weighted by Gasteiger charge is -2.19. The van der Waals surface area contributed by atoms with Gasteiger partial charge in [-0.2, -0.15) is 5.26 Å². The first kappa shape index (κ1) is 17.0. The van der Waals surface area contributed by atoms with E-state index in [2.05, 4.69) is 28.2 Å². The number of hydrogen-bond donors (Lipinski definition) is 3. The number of carboxylic acid groups (broad SMARTS) is 2. The molecule has 0 saturated heterocycles. The molecule has 0 fully saturated rings. The Morgan fingerprint density at radius 3 is 2.58 bits per heavy atom. The van der Waals surface area contributed by atoms with Crippen LogP contribution in [0, 0.1) is 11.3 Å². The highest BCUT2D eigenvalue weighted by Gasteiger charge is 2.14. The van der Waals surface area contributed by atoms with Crippen molar-refractivity contribution in [1.82, 2.24) is 9.97 Å². The quantitative estimate of drug-likeness (QED) is 0.690. The molecule has 122 valence electrons. The Labute approximate surface area is 137 Å². The van der Waals surface area contributed by atoms with E-state index < -0.39 is 11.9 Å². The molecule has 0 unspecified atom stereocenters. The topological polar surface area (TPSA) is 127 Å². The molecule has 0 saturated carbocycles. The van der Waals surface area contributed by atoms with E-state index in [1.54, 1.807) is 6.33 Å². The minimum atomic E-state index is -1.82. The monoisotopic (exact) mass is 325 g/mol. The number of aromatic amines is 1. The average molecular weight is 325 g/mol. The van der Waals surface area contributed by atoms with E-state index in [0.29, 0.717) is 0 Å². The van der Waals surface area contributed by atoms with Crippen LogP contribution in [-0.2, 0) is 16.0 Å². The van der Waals surface area contributed by atoms with E-state index in [4.69, 9.17) is 25.1 Å². The van der Waals surface area contributed by atoms with Crippen LogP contribution in [0.2, 0.25) is 0 Å². The Morgan fingerprint density at radius 1 is 1.25 bits per heavy atom. The van der Waals surface area contributed by atoms with Gasteiger partial charge < -0.3 is 15.2 Å². The smallest absolute Gasteiger partial charge is 0.414 e. The van der Waals surface area contributed by atoms with E-state index in [-0.39, 0.29) is 0 Å². The summed E-state index contributed by atoms with van der Waals surface area (Å²) in [4.78, 5) is 25.3. The zero-order valence-corrected chi connectivity index (χ0v) is 12.7. The number of rotatable bonds is 1. The van der Waals surface area contributed by atoms with E-state index in [0.717, 1.165) is 30.5 Å². The van der Waals surface area contributed by atoms with Crippen LogP contribution in [0.3, 0.4) is 0 Å². The summed E-state index contributed by atoms with van der Waals surface area (Å²) in [6.07, 6.45) is 8.95. The molecule has 1 aromatic carbocycles. The molecule has 0 spiro atoms. The molecule has 1 aliphatic carbocycles. The zero-order chi connectivity index (χ0) is 17.5. The third kappa shape index (κ3) is 4.30. The second-order valence-corrected chi connectivity index (χ2v) is 5.12. The first-order valence-electron chi connectivity index (χ1n) is 7.20. The van der Waals surface area contributed by atoms with Crippen LogP contribution >= 0.6 is 0 Å². The van der Waals surface area contributed by atoms with Crippen molar-refractivity contribution in [2.24, 2.45) is 0 Å². The van der Waals surface area contributed by atoms with Gasteiger partial charge in [-0.15, -0.1) is 0 Å². The largest absolute Gasteiger partial charge is 0.473 e. The second kappa shape index (κ2) is 7.74. The van der Waals surface area contributed by atoms with Gasteiger partial charge in [-0.05, 0) is 54.2 Å². The number of nitriles is 1. The number of aryl methyl sites for hydroxylation is 1. The van der Waals surface area contributed by atoms with Crippen molar-refractivity contribution in [3.63, 3.8) is 0 Å². The van der Waals surface area contributed by atoms with Crippen molar-refractivity contribution in [3.8, 4) is 6.07 Å². The van der Waals surface area contributed by atoms with Gasteiger partial charge in [0.15, 0.2) is 0 Å². The highest BCUT2D eigenvalue weighted by Crippen LogP contribution is 2.32. The van der Waals surface area contributed by atoms with Crippen molar-refractivity contribution in [2.75, 3.05) is 0 Å². The fraction of sp³-hybridized carbons (Fsp3) is 0.176. The maximum absolute atomic E-state index is 9.10. The van der Waals surface area contributed by atoms with Crippen LogP contribution in [0.1, 0.15) is 35.2 Å². The fourth-order valence-corrected chi connectivity index (χ4v) is 2.47. The van der Waals surface area contributed by atoms with Crippen LogP contribution in [0.5, 0.6) is 0 Å². The van der Waals surface area contributed by atoms with Crippen molar-refractivity contribution < 1.29 is 19.8 Å². The number of imidazole rings is 1. The van der Waals surface area contributed by atoms with Crippen molar-refractivity contribution in [3.05, 3.63) is 53.1 Å². The SMILES string of the molecule is N#Cc1ccc2c(c1)CCC/C2=C/c1cnc[nH]1.O=C(O)C(=O)O. The molecule has 7 nitrogen and oxygen atoms in total. The first-order valence-corrected chi connectivity index (χ1v) is 7.20. The van der Waals surface area contributed by atoms with E-state index in [9.17, 15) is 0 Å². The highest BCUT2D eigenvalue weighted by molar-refractivity contribution is 6.27. The molecule has 0 radical (unpaired) electrons. The van der Waals surface area contributed by atoms with E-state index >= 15 is 0 Å². The van der Waals surface area contributed by atoms with Crippen LogP contribution in [0.4, 0.5) is 0 Å². The molecular formula is C17H15N3O4. The molecule has 2 aromatic rings. The number of hydrogen-bond acceptors (Lipinski definition) is 4. The Kier molecular flexibility index (Phi) is 5.47. The molecule has 0 atom stereocenters. The van der Waals surface area contributed by atoms with Gasteiger partial charge in [-0.1, -0.05) is 6.07 Å². The molecular weight excluding hydrogens is 310 g/mol. The number of aliphatic carboxylic acids is 2. The Balaban J connectivity index is 0.000000301. The summed E-state index contributed by atoms with van der Waals surface area (Å²) in [5, 5.41) is 23.7. The molecule has 1 heterocycles. The molecule has 7 heteroatoms. The zero-order valence-electron chi connectivity index (χ0n) is 12.7. The lowest BCUT2D eigenvalue weighted by Crippen LogP contribution is -2.09. The van der Waals surface area contributed by atoms with Gasteiger partial charge in [-0.3, -0.25) is 0 Å². The molecule has 0 aliphatic heterocycles. The second-order valence-electron chi connectivity index (χ2n) is 5.12. The molecule has 3 rings (SSSR count). The predicted octanol–water partition coefficient (Wildman–Crippen LogP) is 2.31. The summed E-state index contributed by atoms with van der Waals surface area (Å²) >= 11 is 0. The highest BCUT2D eigenvalue weighted by atomic mass is 16.4. The fourth-order valence-electron chi connectivity index (χ4n) is 2.47. The van der Waals surface area contributed by atoms with Crippen LogP contribution in [0.15, 0.2) is 30.7 Å². The summed E-state index contributed by atoms with van der Waals surface area (Å²) < 4.78 is 0. The lowest BCUT2D eigenvalue weighted by atomic mass is 9.86. The Hall–Kier alpha value is -3.40. The maximum atomic E-state index is 9.10. The minimum absolute atomic E-state index is 0.747. The first-order chi connectivity index (χ1) is 11.5. The number of carbonyl (C=O) groups is 2. The normalized spacial score (nSPS) is 14.0. The molecule has 1 aliphatic rings. The number of aromatic nitrogens is 2. The van der Waals surface area contributed by atoms with Crippen LogP contribution in [0.25, 0.3) is 11.6 Å². The van der Waals surface area contributed by atoms with Gasteiger partial charge in [0.2, 0.25) is 0 Å². The number of H-pyrrole nitrogens is 1. The standard InChI is InChI=1S/C15H13N3.C2H2O4/c16-8-11-4-5-15-12(6-11)2-1-3-13(15)7-14-9-17-10-18-14;3-1(4)2(5)6/h4-7,9-10H,1-3H2,(H,17,18);(H,3,4)(H,5,6)/b13-7-;. The van der Waals surface area contributed by atoms with Gasteiger partial charge in [0.1, 0.15) is 0 Å². The molecule has 0 bridgehead atoms. The van der Waals surface area contributed by atoms with Gasteiger partial charge >= 0.3 is 11.9 Å². The van der Waals surface area contributed by atoms with Crippen molar-refractivity contribution >= 4 is 23.6 Å². The van der Waals surface area contributed by atoms with E-state index in [1.807, 2.05) is 18.3 Å². The van der Waals surface area contributed by atoms with E-state index in [1.165, 1.54) is 16.7 Å². The van der Waals surface area contributed by atoms with Crippen molar-refractivity contribution in [2.45, 2.75) is 19.3 Å². The predicted molar refractivity (Wildman–Crippen MR) is 85.8 cm³/mol. The lowest BCUT2D eigenvalue weighted by molar-refractivity contribution is -0.159. The van der Waals surface area contributed by atoms with Gasteiger partial charge in [-0.25, -0.2) is 14.6 Å². The van der Waals surface area contributed by atoms with Gasteiger partial charge in [0.25, 0.3) is 0 Å². The molecule has 3 N–H and O–H groups in total. The number of carboxylic acids is 2. The molecule has 24 heavy (non-hydrogen) atoms. The van der Waals surface area contributed by atoms with Gasteiger partial charge in [0.05, 0.1) is 29.9 Å². The number of nitrogens with one attached hydrogen (secondary N) is 1. The van der Waals surface area contributed by atoms with Crippen LogP contribution in [-0.4, -0.2) is 32.1 Å². The summed E-state index contributed by atoms with van der Waals surface area (Å²) in [6, 6.07) is 8.17. The third-order valence-corrected chi connectivity index (χ3v) is 3.50. The summed E-state index contributed by atoms with van der Waals surface area (Å²) in [7, 11) is 0. The average Bonchev–Trinajstić information content (AvgIpc) is 3.08. The molecule has 1 aromatic heterocycles. The van der Waals surface area contributed by atoms with Crippen molar-refractivity contribution in [1.29, 1.82) is 5.26 Å². The molecule has 0 amide bonds. The maximum Gasteiger partial charge on any atom is 0.414 e. The number of nitrogens with zero attached hydrogens (tertiary/aromatic N) is 2. The summed E-state index contributed by atoms with van der Waals surface area (Å²) in [5.41, 5.74) is 5.66. The summed E-state index contributed by atoms with van der Waals surface area (Å²) in [5.74, 6) is -3.65. The number of benzene rings is 1. The number of fused-ring (bicyclic) bond motifs is 1. The summed E-state index contributed by atoms with van der Waals surface area (Å²) in [6.45, 7) is 0. The third-order valence-electron chi connectivity index (χ3n) is 3.50. The minimum Gasteiger partial charge on any atom is -0.473 e. The number of allylic oxidation sites excluding steroid dienone is 1. The Bertz CT molecular complexity index is 805. The van der Waals surface area contributed by atoms with Gasteiger partial charge in [0, 0.05) is 0 Å². The van der Waals surface area contributed by atoms with Crippen LogP contribution < -0.4 is 0 Å².